The first kappa shape index (κ1) is 18.5. The number of carbonyl (C=O) groups is 1. The highest BCUT2D eigenvalue weighted by Crippen LogP contribution is 2.36. The van der Waals surface area contributed by atoms with Crippen molar-refractivity contribution in [2.45, 2.75) is 13.5 Å². The lowest BCUT2D eigenvalue weighted by Crippen LogP contribution is -2.02. The molecule has 9 heteroatoms. The molecule has 0 saturated heterocycles. The second kappa shape index (κ2) is 8.34. The smallest absolute Gasteiger partial charge is 0.348 e. The molecule has 1 heterocycles. The fraction of sp³-hybridized carbons (Fsp3) is 0.312. The lowest BCUT2D eigenvalue weighted by Gasteiger charge is -2.11. The first-order valence-electron chi connectivity index (χ1n) is 7.40. The summed E-state index contributed by atoms with van der Waals surface area (Å²) in [5, 5.41) is 14.5. The zero-order valence-electron chi connectivity index (χ0n) is 14.0. The molecule has 1 aromatic heterocycles. The number of anilines is 1. The Balaban J connectivity index is 2.22. The molecule has 1 N–H and O–H groups in total. The summed E-state index contributed by atoms with van der Waals surface area (Å²) in [5.41, 5.74) is 0.629. The second-order valence-electron chi connectivity index (χ2n) is 4.83. The van der Waals surface area contributed by atoms with Crippen molar-refractivity contribution in [2.24, 2.45) is 0 Å². The molecule has 25 heavy (non-hydrogen) atoms. The molecule has 134 valence electrons. The van der Waals surface area contributed by atoms with Crippen LogP contribution in [0.5, 0.6) is 11.5 Å². The van der Waals surface area contributed by atoms with Crippen LogP contribution < -0.4 is 14.8 Å². The van der Waals surface area contributed by atoms with Gasteiger partial charge in [-0.15, -0.1) is 11.3 Å². The molecule has 0 saturated carbocycles. The van der Waals surface area contributed by atoms with Crippen molar-refractivity contribution < 1.29 is 23.9 Å². The van der Waals surface area contributed by atoms with E-state index in [2.05, 4.69) is 5.32 Å². The Labute approximate surface area is 148 Å². The number of esters is 1. The predicted octanol–water partition coefficient (Wildman–Crippen LogP) is 3.46. The molecule has 0 aliphatic carbocycles. The van der Waals surface area contributed by atoms with Crippen molar-refractivity contribution in [3.05, 3.63) is 44.8 Å². The van der Waals surface area contributed by atoms with Crippen molar-refractivity contribution >= 4 is 28.0 Å². The number of hydrogen-bond donors (Lipinski definition) is 1. The molecule has 2 rings (SSSR count). The third-order valence-electron chi connectivity index (χ3n) is 3.32. The topological polar surface area (TPSA) is 99.9 Å². The molecule has 0 atom stereocenters. The van der Waals surface area contributed by atoms with E-state index in [-0.39, 0.29) is 28.7 Å². The largest absolute Gasteiger partial charge is 0.497 e. The Morgan fingerprint density at radius 2 is 2.04 bits per heavy atom. The van der Waals surface area contributed by atoms with Crippen LogP contribution in [0.25, 0.3) is 0 Å². The number of hydrogen-bond acceptors (Lipinski definition) is 8. The molecule has 0 aliphatic rings. The van der Waals surface area contributed by atoms with E-state index >= 15 is 0 Å². The van der Waals surface area contributed by atoms with Gasteiger partial charge in [-0.3, -0.25) is 10.1 Å². The van der Waals surface area contributed by atoms with Gasteiger partial charge < -0.3 is 19.5 Å². The molecular formula is C16H18N2O6S. The summed E-state index contributed by atoms with van der Waals surface area (Å²) in [5.74, 6) is 0.662. The van der Waals surface area contributed by atoms with Crippen LogP contribution in [0.1, 0.15) is 22.2 Å². The standard InChI is InChI=1S/C16H18N2O6S/c1-4-24-16(19)14-8-12(18(20)21)15(25-14)17-9-10-5-6-11(22-2)7-13(10)23-3/h5-8,17H,4,9H2,1-3H3. The van der Waals surface area contributed by atoms with Gasteiger partial charge in [0.2, 0.25) is 0 Å². The van der Waals surface area contributed by atoms with Gasteiger partial charge in [0.25, 0.3) is 0 Å². The van der Waals surface area contributed by atoms with E-state index in [4.69, 9.17) is 14.2 Å². The summed E-state index contributed by atoms with van der Waals surface area (Å²) >= 11 is 0.983. The maximum Gasteiger partial charge on any atom is 0.348 e. The van der Waals surface area contributed by atoms with Gasteiger partial charge >= 0.3 is 11.7 Å². The Kier molecular flexibility index (Phi) is 6.18. The zero-order chi connectivity index (χ0) is 18.4. The summed E-state index contributed by atoms with van der Waals surface area (Å²) < 4.78 is 15.3. The summed E-state index contributed by atoms with van der Waals surface area (Å²) in [6.45, 7) is 2.17. The zero-order valence-corrected chi connectivity index (χ0v) is 14.8. The van der Waals surface area contributed by atoms with Crippen LogP contribution in [-0.2, 0) is 11.3 Å². The molecule has 0 spiro atoms. The van der Waals surface area contributed by atoms with Gasteiger partial charge in [-0.2, -0.15) is 0 Å². The number of nitro groups is 1. The molecule has 2 aromatic rings. The van der Waals surface area contributed by atoms with E-state index in [0.29, 0.717) is 11.5 Å². The monoisotopic (exact) mass is 366 g/mol. The van der Waals surface area contributed by atoms with Crippen molar-refractivity contribution in [3.63, 3.8) is 0 Å². The van der Waals surface area contributed by atoms with Crippen LogP contribution in [0.3, 0.4) is 0 Å². The summed E-state index contributed by atoms with van der Waals surface area (Å²) in [7, 11) is 3.09. The van der Waals surface area contributed by atoms with Crippen molar-refractivity contribution in [2.75, 3.05) is 26.1 Å². The van der Waals surface area contributed by atoms with E-state index < -0.39 is 10.9 Å². The number of methoxy groups -OCH3 is 2. The molecule has 0 fully saturated rings. The van der Waals surface area contributed by atoms with E-state index in [9.17, 15) is 14.9 Å². The number of thiophene rings is 1. The fourth-order valence-corrected chi connectivity index (χ4v) is 3.04. The minimum Gasteiger partial charge on any atom is -0.497 e. The van der Waals surface area contributed by atoms with Crippen molar-refractivity contribution in [1.82, 2.24) is 0 Å². The van der Waals surface area contributed by atoms with Crippen molar-refractivity contribution in [1.29, 1.82) is 0 Å². The molecule has 0 bridgehead atoms. The predicted molar refractivity (Wildman–Crippen MR) is 93.8 cm³/mol. The molecule has 0 radical (unpaired) electrons. The lowest BCUT2D eigenvalue weighted by molar-refractivity contribution is -0.383. The highest BCUT2D eigenvalue weighted by molar-refractivity contribution is 7.18. The van der Waals surface area contributed by atoms with Gasteiger partial charge in [-0.1, -0.05) is 0 Å². The van der Waals surface area contributed by atoms with Gasteiger partial charge in [0.1, 0.15) is 16.4 Å². The Hall–Kier alpha value is -2.81. The number of ether oxygens (including phenoxy) is 3. The van der Waals surface area contributed by atoms with E-state index in [0.717, 1.165) is 16.9 Å². The Morgan fingerprint density at radius 1 is 1.28 bits per heavy atom. The molecule has 8 nitrogen and oxygen atoms in total. The number of rotatable bonds is 8. The third kappa shape index (κ3) is 4.38. The molecule has 0 amide bonds. The van der Waals surface area contributed by atoms with E-state index in [1.54, 1.807) is 32.2 Å². The van der Waals surface area contributed by atoms with Crippen LogP contribution in [0.4, 0.5) is 10.7 Å². The maximum atomic E-state index is 11.8. The third-order valence-corrected chi connectivity index (χ3v) is 4.38. The molecule has 0 unspecified atom stereocenters. The second-order valence-corrected chi connectivity index (χ2v) is 5.89. The number of nitrogens with zero attached hydrogens (tertiary/aromatic N) is 1. The Bertz CT molecular complexity index is 774. The van der Waals surface area contributed by atoms with Gasteiger partial charge in [0.15, 0.2) is 5.00 Å². The van der Waals surface area contributed by atoms with Crippen LogP contribution in [0.15, 0.2) is 24.3 Å². The number of carbonyl (C=O) groups excluding carboxylic acids is 1. The first-order valence-corrected chi connectivity index (χ1v) is 8.21. The minimum atomic E-state index is -0.578. The van der Waals surface area contributed by atoms with Gasteiger partial charge in [0.05, 0.1) is 25.7 Å². The molecule has 0 aliphatic heterocycles. The summed E-state index contributed by atoms with van der Waals surface area (Å²) in [4.78, 5) is 22.6. The lowest BCUT2D eigenvalue weighted by atomic mass is 10.2. The normalized spacial score (nSPS) is 10.2. The number of nitrogens with one attached hydrogen (secondary N) is 1. The van der Waals surface area contributed by atoms with Crippen LogP contribution in [-0.4, -0.2) is 31.7 Å². The number of benzene rings is 1. The highest BCUT2D eigenvalue weighted by Gasteiger charge is 2.23. The summed E-state index contributed by atoms with van der Waals surface area (Å²) in [6.07, 6.45) is 0. The van der Waals surface area contributed by atoms with E-state index in [1.165, 1.54) is 13.2 Å². The summed E-state index contributed by atoms with van der Waals surface area (Å²) in [6, 6.07) is 6.52. The van der Waals surface area contributed by atoms with Gasteiger partial charge in [-0.05, 0) is 19.1 Å². The molecule has 1 aromatic carbocycles. The highest BCUT2D eigenvalue weighted by atomic mass is 32.1. The van der Waals surface area contributed by atoms with Gasteiger partial charge in [-0.25, -0.2) is 4.79 Å². The Morgan fingerprint density at radius 3 is 2.64 bits per heavy atom. The SMILES string of the molecule is CCOC(=O)c1cc([N+](=O)[O-])c(NCc2ccc(OC)cc2OC)s1. The van der Waals surface area contributed by atoms with Crippen LogP contribution >= 0.6 is 11.3 Å². The fourth-order valence-electron chi connectivity index (χ4n) is 2.12. The van der Waals surface area contributed by atoms with Crippen LogP contribution in [0.2, 0.25) is 0 Å². The maximum absolute atomic E-state index is 11.8. The van der Waals surface area contributed by atoms with Crippen LogP contribution in [0, 0.1) is 10.1 Å². The molecular weight excluding hydrogens is 348 g/mol. The minimum absolute atomic E-state index is 0.166. The first-order chi connectivity index (χ1) is 12.0. The van der Waals surface area contributed by atoms with Gasteiger partial charge in [0, 0.05) is 24.2 Å². The average molecular weight is 366 g/mol. The van der Waals surface area contributed by atoms with E-state index in [1.807, 2.05) is 0 Å². The quantitative estimate of drug-likeness (QED) is 0.434. The average Bonchev–Trinajstić information content (AvgIpc) is 3.04. The van der Waals surface area contributed by atoms with Crippen molar-refractivity contribution in [3.8, 4) is 11.5 Å².